The first-order chi connectivity index (χ1) is 16.2. The fourth-order valence-electron chi connectivity index (χ4n) is 4.35. The van der Waals surface area contributed by atoms with Crippen molar-refractivity contribution < 1.29 is 22.0 Å². The lowest BCUT2D eigenvalue weighted by molar-refractivity contribution is 0.0983. The number of fused-ring (bicyclic) bond motifs is 1. The maximum absolute atomic E-state index is 14.5. The van der Waals surface area contributed by atoms with Crippen molar-refractivity contribution in [1.82, 2.24) is 24.1 Å². The van der Waals surface area contributed by atoms with Gasteiger partial charge in [0, 0.05) is 31.0 Å². The molecule has 0 radical (unpaired) electrons. The van der Waals surface area contributed by atoms with Crippen LogP contribution < -0.4 is 9.62 Å². The second kappa shape index (κ2) is 8.20. The van der Waals surface area contributed by atoms with Crippen LogP contribution >= 0.6 is 0 Å². The molecule has 12 heteroatoms. The van der Waals surface area contributed by atoms with E-state index in [0.29, 0.717) is 24.2 Å². The molecule has 0 saturated carbocycles. The van der Waals surface area contributed by atoms with Gasteiger partial charge in [-0.15, -0.1) is 0 Å². The van der Waals surface area contributed by atoms with Crippen LogP contribution in [0.4, 0.5) is 14.5 Å². The Labute approximate surface area is 193 Å². The Bertz CT molecular complexity index is 1510. The molecule has 3 aromatic heterocycles. The third-order valence-corrected chi connectivity index (χ3v) is 7.33. The predicted octanol–water partition coefficient (Wildman–Crippen LogP) is 2.81. The average molecular weight is 487 g/mol. The molecule has 176 valence electrons. The van der Waals surface area contributed by atoms with Crippen LogP contribution in [0.2, 0.25) is 0 Å². The summed E-state index contributed by atoms with van der Waals surface area (Å²) in [7, 11) is -2.69. The number of benzene rings is 1. The van der Waals surface area contributed by atoms with Crippen LogP contribution in [0.25, 0.3) is 5.52 Å². The lowest BCUT2D eigenvalue weighted by atomic mass is 10.0. The van der Waals surface area contributed by atoms with E-state index in [0.717, 1.165) is 23.2 Å². The van der Waals surface area contributed by atoms with E-state index < -0.39 is 27.6 Å². The number of nitrogens with one attached hydrogen (secondary N) is 1. The van der Waals surface area contributed by atoms with Gasteiger partial charge in [-0.25, -0.2) is 18.0 Å². The summed E-state index contributed by atoms with van der Waals surface area (Å²) >= 11 is 0. The van der Waals surface area contributed by atoms with Gasteiger partial charge in [0.05, 0.1) is 29.5 Å². The number of amides is 1. The first-order valence-corrected chi connectivity index (χ1v) is 12.0. The molecule has 1 unspecified atom stereocenters. The Morgan fingerprint density at radius 2 is 1.97 bits per heavy atom. The molecule has 1 fully saturated rings. The van der Waals surface area contributed by atoms with Crippen LogP contribution in [0.3, 0.4) is 0 Å². The number of carbonyl (C=O) groups excluding carboxylic acids is 1. The number of aromatic nitrogens is 4. The van der Waals surface area contributed by atoms with Gasteiger partial charge in [-0.2, -0.15) is 18.6 Å². The van der Waals surface area contributed by atoms with Crippen LogP contribution in [0.5, 0.6) is 0 Å². The molecule has 5 rings (SSSR count). The second-order valence-electron chi connectivity index (χ2n) is 8.02. The van der Waals surface area contributed by atoms with E-state index in [9.17, 15) is 22.0 Å². The van der Waals surface area contributed by atoms with E-state index in [1.807, 2.05) is 9.62 Å². The Hall–Kier alpha value is -3.80. The number of sulfonamides is 1. The molecule has 4 heterocycles. The SMILES string of the molecule is Cn1nccc1S(=O)(=O)NC(=O)c1cnn2ccc(N3CCCC3c3cc(F)ccc3F)cc12. The highest BCUT2D eigenvalue weighted by Crippen LogP contribution is 2.38. The Morgan fingerprint density at radius 1 is 1.15 bits per heavy atom. The minimum atomic E-state index is -4.14. The number of hydrogen-bond donors (Lipinski definition) is 1. The normalized spacial score (nSPS) is 16.3. The summed E-state index contributed by atoms with van der Waals surface area (Å²) in [4.78, 5) is 14.8. The summed E-state index contributed by atoms with van der Waals surface area (Å²) < 4.78 is 58.1. The maximum Gasteiger partial charge on any atom is 0.281 e. The monoisotopic (exact) mass is 486 g/mol. The van der Waals surface area contributed by atoms with Gasteiger partial charge in [-0.3, -0.25) is 9.48 Å². The van der Waals surface area contributed by atoms with E-state index in [1.54, 1.807) is 18.3 Å². The molecule has 1 N–H and O–H groups in total. The quantitative estimate of drug-likeness (QED) is 0.466. The van der Waals surface area contributed by atoms with E-state index in [4.69, 9.17) is 0 Å². The Balaban J connectivity index is 1.48. The fraction of sp³-hybridized carbons (Fsp3) is 0.227. The van der Waals surface area contributed by atoms with Crippen molar-refractivity contribution in [3.8, 4) is 0 Å². The van der Waals surface area contributed by atoms with Crippen molar-refractivity contribution in [3.63, 3.8) is 0 Å². The number of hydrogen-bond acceptors (Lipinski definition) is 6. The van der Waals surface area contributed by atoms with Crippen LogP contribution in [-0.2, 0) is 17.1 Å². The standard InChI is InChI=1S/C22H20F2N6O3S/c1-28-21(6-8-25-28)34(32,33)27-22(31)17-13-26-30-10-7-15(12-20(17)30)29-9-2-3-19(29)16-11-14(23)4-5-18(16)24/h4-8,10-13,19H,2-3,9H2,1H3,(H,27,31). The molecule has 4 aromatic rings. The number of aryl methyl sites for hydroxylation is 1. The van der Waals surface area contributed by atoms with Crippen LogP contribution in [0, 0.1) is 11.6 Å². The minimum absolute atomic E-state index is 0.0558. The summed E-state index contributed by atoms with van der Waals surface area (Å²) in [6.07, 6.45) is 5.65. The van der Waals surface area contributed by atoms with Crippen molar-refractivity contribution in [1.29, 1.82) is 0 Å². The zero-order chi connectivity index (χ0) is 24.0. The van der Waals surface area contributed by atoms with Crippen molar-refractivity contribution in [3.05, 3.63) is 77.8 Å². The zero-order valence-corrected chi connectivity index (χ0v) is 18.8. The zero-order valence-electron chi connectivity index (χ0n) is 18.0. The topological polar surface area (TPSA) is 102 Å². The van der Waals surface area contributed by atoms with Crippen LogP contribution in [0.15, 0.2) is 60.0 Å². The van der Waals surface area contributed by atoms with E-state index in [2.05, 4.69) is 10.2 Å². The molecule has 1 amide bonds. The Morgan fingerprint density at radius 3 is 2.74 bits per heavy atom. The van der Waals surface area contributed by atoms with Gasteiger partial charge >= 0.3 is 0 Å². The average Bonchev–Trinajstić information content (AvgIpc) is 3.53. The molecule has 1 aliphatic heterocycles. The van der Waals surface area contributed by atoms with Gasteiger partial charge < -0.3 is 4.90 Å². The number of halogens is 2. The Kier molecular flexibility index (Phi) is 5.31. The first-order valence-electron chi connectivity index (χ1n) is 10.5. The number of anilines is 1. The predicted molar refractivity (Wildman–Crippen MR) is 119 cm³/mol. The van der Waals surface area contributed by atoms with Gasteiger partial charge in [0.25, 0.3) is 15.9 Å². The molecule has 1 atom stereocenters. The van der Waals surface area contributed by atoms with Crippen LogP contribution in [0.1, 0.15) is 34.8 Å². The largest absolute Gasteiger partial charge is 0.364 e. The first kappa shape index (κ1) is 22.0. The number of pyridine rings is 1. The fourth-order valence-corrected chi connectivity index (χ4v) is 5.44. The van der Waals surface area contributed by atoms with Gasteiger partial charge in [-0.1, -0.05) is 0 Å². The van der Waals surface area contributed by atoms with Gasteiger partial charge in [0.1, 0.15) is 11.6 Å². The molecule has 0 spiro atoms. The minimum Gasteiger partial charge on any atom is -0.364 e. The van der Waals surface area contributed by atoms with Crippen molar-refractivity contribution >= 4 is 27.1 Å². The molecule has 1 aliphatic rings. The summed E-state index contributed by atoms with van der Waals surface area (Å²) in [5, 5.41) is 7.79. The molecular formula is C22H20F2N6O3S. The highest BCUT2D eigenvalue weighted by atomic mass is 32.2. The molecule has 1 aromatic carbocycles. The molecule has 0 bridgehead atoms. The number of carbonyl (C=O) groups is 1. The molecular weight excluding hydrogens is 466 g/mol. The second-order valence-corrected chi connectivity index (χ2v) is 9.65. The number of nitrogens with zero attached hydrogens (tertiary/aromatic N) is 5. The third kappa shape index (κ3) is 3.79. The maximum atomic E-state index is 14.5. The lowest BCUT2D eigenvalue weighted by Crippen LogP contribution is -2.31. The number of rotatable bonds is 5. The van der Waals surface area contributed by atoms with Crippen LogP contribution in [-0.4, -0.2) is 40.3 Å². The van der Waals surface area contributed by atoms with E-state index in [1.165, 1.54) is 36.1 Å². The summed E-state index contributed by atoms with van der Waals surface area (Å²) in [6, 6.07) is 7.77. The van der Waals surface area contributed by atoms with E-state index in [-0.39, 0.29) is 22.2 Å². The van der Waals surface area contributed by atoms with Crippen molar-refractivity contribution in [2.45, 2.75) is 23.9 Å². The van der Waals surface area contributed by atoms with E-state index >= 15 is 0 Å². The highest BCUT2D eigenvalue weighted by molar-refractivity contribution is 7.90. The van der Waals surface area contributed by atoms with Crippen molar-refractivity contribution in [2.24, 2.45) is 7.05 Å². The summed E-state index contributed by atoms with van der Waals surface area (Å²) in [5.41, 5.74) is 1.38. The summed E-state index contributed by atoms with van der Waals surface area (Å²) in [5.74, 6) is -1.84. The van der Waals surface area contributed by atoms with Gasteiger partial charge in [-0.05, 0) is 49.2 Å². The molecule has 34 heavy (non-hydrogen) atoms. The molecule has 1 saturated heterocycles. The molecule has 9 nitrogen and oxygen atoms in total. The van der Waals surface area contributed by atoms with Gasteiger partial charge in [0.2, 0.25) is 0 Å². The molecule has 0 aliphatic carbocycles. The third-order valence-electron chi connectivity index (χ3n) is 5.93. The highest BCUT2D eigenvalue weighted by Gasteiger charge is 2.30. The summed E-state index contributed by atoms with van der Waals surface area (Å²) in [6.45, 7) is 0.612. The van der Waals surface area contributed by atoms with Crippen molar-refractivity contribution in [2.75, 3.05) is 11.4 Å². The lowest BCUT2D eigenvalue weighted by Gasteiger charge is -2.27. The van der Waals surface area contributed by atoms with Gasteiger partial charge in [0.15, 0.2) is 5.03 Å². The smallest absolute Gasteiger partial charge is 0.281 e.